The van der Waals surface area contributed by atoms with E-state index in [0.29, 0.717) is 12.2 Å². The minimum Gasteiger partial charge on any atom is -0.457 e. The third-order valence-electron chi connectivity index (χ3n) is 17.8. The minimum absolute atomic E-state index is 0.0188. The van der Waals surface area contributed by atoms with E-state index in [0.717, 1.165) is 97.1 Å². The molecule has 0 saturated heterocycles. The molecule has 0 unspecified atom stereocenters. The van der Waals surface area contributed by atoms with Gasteiger partial charge in [0.15, 0.2) is 0 Å². The highest BCUT2D eigenvalue weighted by atomic mass is 16.5. The first-order chi connectivity index (χ1) is 40.1. The van der Waals surface area contributed by atoms with E-state index in [1.54, 1.807) is 0 Å². The number of anilines is 4. The van der Waals surface area contributed by atoms with Gasteiger partial charge in [0.1, 0.15) is 24.0 Å². The zero-order valence-electron chi connectivity index (χ0n) is 53.7. The van der Waals surface area contributed by atoms with E-state index >= 15 is 0 Å². The molecule has 10 aromatic rings. The Morgan fingerprint density at radius 2 is 1.12 bits per heavy atom. The van der Waals surface area contributed by atoms with Crippen LogP contribution in [0.15, 0.2) is 182 Å². The summed E-state index contributed by atoms with van der Waals surface area (Å²) in [4.78, 5) is 9.80. The van der Waals surface area contributed by atoms with Crippen molar-refractivity contribution in [2.45, 2.75) is 150 Å². The molecule has 5 nitrogen and oxygen atoms in total. The maximum Gasteiger partial charge on any atom is 0.137 e. The summed E-state index contributed by atoms with van der Waals surface area (Å²) in [6, 6.07) is 64.1. The van der Waals surface area contributed by atoms with Gasteiger partial charge in [0, 0.05) is 48.7 Å². The Hall–Kier alpha value is -7.89. The summed E-state index contributed by atoms with van der Waals surface area (Å²) in [5.74, 6) is 2.07. The van der Waals surface area contributed by atoms with Gasteiger partial charge in [0.25, 0.3) is 0 Å². The molecule has 8 aromatic carbocycles. The van der Waals surface area contributed by atoms with E-state index in [1.807, 2.05) is 26.1 Å². The van der Waals surface area contributed by atoms with Crippen molar-refractivity contribution in [2.24, 2.45) is 5.92 Å². The molecule has 2 aliphatic rings. The molecule has 0 fully saturated rings. The van der Waals surface area contributed by atoms with Crippen molar-refractivity contribution >= 4 is 44.6 Å². The molecular weight excluding hydrogens is 1010 g/mol. The Morgan fingerprint density at radius 3 is 1.81 bits per heavy atom. The van der Waals surface area contributed by atoms with Gasteiger partial charge in [-0.3, -0.25) is 4.57 Å². The number of benzene rings is 8. The third-order valence-corrected chi connectivity index (χ3v) is 17.8. The van der Waals surface area contributed by atoms with Crippen LogP contribution in [0.25, 0.3) is 61.0 Å². The van der Waals surface area contributed by atoms with Crippen molar-refractivity contribution in [3.05, 3.63) is 216 Å². The standard InChI is InChI=1S/C78H84N4O/c1-50(2)41-51-42-63(53-29-27-52(28-30-53)60-34-32-55(74(3,4)5)45-66(60)76(9,10)11)73(64(43-51)54-31-36-65-67(44-54)78(14,15)39-38-77(65,12)13)81-49-80(69-25-18-19-26-70(69)81)57-21-20-22-58(47-57)83-59-33-35-62-61-23-16-17-24-68(61)82(71(62)48-59)72-46-56(37-40-79-72)75(6,7)8/h16-37,40,42-48,50H,38-39,41,49H2,1-15H3/i41D2. The highest BCUT2D eigenvalue weighted by Crippen LogP contribution is 2.53. The summed E-state index contributed by atoms with van der Waals surface area (Å²) < 4.78 is 28.8. The molecule has 0 radical (unpaired) electrons. The van der Waals surface area contributed by atoms with Crippen LogP contribution in [-0.4, -0.2) is 16.2 Å². The number of ether oxygens (including phenoxy) is 1. The van der Waals surface area contributed by atoms with Gasteiger partial charge in [-0.1, -0.05) is 201 Å². The van der Waals surface area contributed by atoms with E-state index in [4.69, 9.17) is 9.72 Å². The van der Waals surface area contributed by atoms with Gasteiger partial charge >= 0.3 is 0 Å². The number of para-hydroxylation sites is 3. The van der Waals surface area contributed by atoms with Gasteiger partial charge in [-0.25, -0.2) is 4.98 Å². The van der Waals surface area contributed by atoms with Gasteiger partial charge in [-0.05, 0) is 175 Å². The van der Waals surface area contributed by atoms with Gasteiger partial charge in [0.2, 0.25) is 0 Å². The quantitative estimate of drug-likeness (QED) is 0.137. The lowest BCUT2D eigenvalue weighted by atomic mass is 9.63. The number of aromatic nitrogens is 2. The lowest BCUT2D eigenvalue weighted by Gasteiger charge is -2.42. The SMILES string of the molecule is [2H]C([2H])(c1cc(-c2ccc(-c3ccc(C(C)(C)C)cc3C(C)(C)C)cc2)c(N2CN(c3cccc(Oc4ccc5c6ccccc6n(-c6cc(C(C)(C)C)ccn6)c5c4)c3)c3ccccc32)c(-c2ccc3c(c2)C(C)(C)CCC3(C)C)c1)C(C)C. The first-order valence-electron chi connectivity index (χ1n) is 31.1. The van der Waals surface area contributed by atoms with Crippen molar-refractivity contribution < 1.29 is 7.48 Å². The van der Waals surface area contributed by atoms with E-state index < -0.39 is 6.37 Å². The first-order valence-corrected chi connectivity index (χ1v) is 30.1. The van der Waals surface area contributed by atoms with Crippen LogP contribution in [0.3, 0.4) is 0 Å². The van der Waals surface area contributed by atoms with Crippen LogP contribution in [0.4, 0.5) is 22.7 Å². The van der Waals surface area contributed by atoms with Gasteiger partial charge in [-0.2, -0.15) is 0 Å². The Morgan fingerprint density at radius 1 is 0.518 bits per heavy atom. The molecule has 0 amide bonds. The van der Waals surface area contributed by atoms with Crippen LogP contribution >= 0.6 is 0 Å². The number of nitrogens with zero attached hydrogens (tertiary/aromatic N) is 4. The molecule has 1 aliphatic heterocycles. The van der Waals surface area contributed by atoms with Crippen LogP contribution in [-0.2, 0) is 33.4 Å². The molecule has 0 atom stereocenters. The van der Waals surface area contributed by atoms with Crippen molar-refractivity contribution in [3.8, 4) is 50.7 Å². The fourth-order valence-corrected chi connectivity index (χ4v) is 13.0. The second kappa shape index (κ2) is 20.5. The fraction of sp³-hybridized carbons (Fsp3) is 0.321. The van der Waals surface area contributed by atoms with Gasteiger partial charge < -0.3 is 14.5 Å². The zero-order valence-corrected chi connectivity index (χ0v) is 51.7. The number of hydrogen-bond donors (Lipinski definition) is 0. The van der Waals surface area contributed by atoms with Crippen molar-refractivity contribution in [1.29, 1.82) is 0 Å². The molecule has 0 spiro atoms. The molecule has 83 heavy (non-hydrogen) atoms. The molecule has 0 N–H and O–H groups in total. The summed E-state index contributed by atoms with van der Waals surface area (Å²) in [6.07, 6.45) is 2.51. The van der Waals surface area contributed by atoms with Crippen LogP contribution < -0.4 is 14.5 Å². The fourth-order valence-electron chi connectivity index (χ4n) is 13.0. The summed E-state index contributed by atoms with van der Waals surface area (Å²) in [6.45, 7) is 34.6. The molecule has 3 heterocycles. The minimum atomic E-state index is -1.63. The number of hydrogen-bond acceptors (Lipinski definition) is 4. The van der Waals surface area contributed by atoms with Crippen LogP contribution in [0.1, 0.15) is 153 Å². The highest BCUT2D eigenvalue weighted by molar-refractivity contribution is 6.09. The topological polar surface area (TPSA) is 33.5 Å². The van der Waals surface area contributed by atoms with Crippen LogP contribution in [0.2, 0.25) is 0 Å². The average molecular weight is 1100 g/mol. The van der Waals surface area contributed by atoms with Crippen molar-refractivity contribution in [3.63, 3.8) is 0 Å². The average Bonchev–Trinajstić information content (AvgIpc) is 1.86. The normalized spacial score (nSPS) is 15.6. The molecule has 1 aliphatic carbocycles. The Balaban J connectivity index is 1.00. The molecular formula is C78H84N4O. The second-order valence-electron chi connectivity index (χ2n) is 28.4. The lowest BCUT2D eigenvalue weighted by Crippen LogP contribution is -2.33. The highest BCUT2D eigenvalue weighted by Gasteiger charge is 2.38. The molecule has 0 bridgehead atoms. The van der Waals surface area contributed by atoms with E-state index in [1.165, 1.54) is 38.8 Å². The molecule has 5 heteroatoms. The van der Waals surface area contributed by atoms with E-state index in [-0.39, 0.29) is 33.0 Å². The zero-order chi connectivity index (χ0) is 60.3. The predicted molar refractivity (Wildman–Crippen MR) is 353 cm³/mol. The van der Waals surface area contributed by atoms with E-state index in [2.05, 4.69) is 274 Å². The smallest absolute Gasteiger partial charge is 0.137 e. The third kappa shape index (κ3) is 10.4. The van der Waals surface area contributed by atoms with Crippen molar-refractivity contribution in [2.75, 3.05) is 16.5 Å². The van der Waals surface area contributed by atoms with Crippen molar-refractivity contribution in [1.82, 2.24) is 9.55 Å². The molecule has 0 saturated carbocycles. The molecule has 2 aromatic heterocycles. The number of fused-ring (bicyclic) bond motifs is 5. The number of rotatable bonds is 10. The van der Waals surface area contributed by atoms with Crippen LogP contribution in [0.5, 0.6) is 11.5 Å². The first kappa shape index (κ1) is 53.1. The number of pyridine rings is 1. The van der Waals surface area contributed by atoms with Gasteiger partial charge in [0.05, 0.1) is 28.1 Å². The maximum atomic E-state index is 9.81. The summed E-state index contributed by atoms with van der Waals surface area (Å²) >= 11 is 0. The molecule has 12 rings (SSSR count). The Labute approximate surface area is 497 Å². The predicted octanol–water partition coefficient (Wildman–Crippen LogP) is 21.7. The molecule has 422 valence electrons. The maximum absolute atomic E-state index is 9.81. The Bertz CT molecular complexity index is 4220. The lowest BCUT2D eigenvalue weighted by molar-refractivity contribution is 0.332. The summed E-state index contributed by atoms with van der Waals surface area (Å²) in [7, 11) is 0. The largest absolute Gasteiger partial charge is 0.457 e. The summed E-state index contributed by atoms with van der Waals surface area (Å²) in [5, 5.41) is 2.30. The van der Waals surface area contributed by atoms with Gasteiger partial charge in [-0.15, -0.1) is 0 Å². The van der Waals surface area contributed by atoms with E-state index in [9.17, 15) is 2.74 Å². The summed E-state index contributed by atoms with van der Waals surface area (Å²) in [5.41, 5.74) is 20.0. The monoisotopic (exact) mass is 1090 g/mol. The Kier molecular flexibility index (Phi) is 13.1. The second-order valence-corrected chi connectivity index (χ2v) is 28.4. The van der Waals surface area contributed by atoms with Crippen LogP contribution in [0, 0.1) is 5.92 Å².